The van der Waals surface area contributed by atoms with E-state index in [1.165, 1.54) is 0 Å². The number of amides is 2. The monoisotopic (exact) mass is 443 g/mol. The number of carbonyl (C=O) groups is 2. The fourth-order valence-electron chi connectivity index (χ4n) is 3.85. The Labute approximate surface area is 189 Å². The number of aromatic nitrogens is 2. The van der Waals surface area contributed by atoms with Crippen molar-refractivity contribution in [2.24, 2.45) is 0 Å². The number of rotatable bonds is 10. The maximum absolute atomic E-state index is 13.1. The predicted octanol–water partition coefficient (Wildman–Crippen LogP) is 1.52. The van der Waals surface area contributed by atoms with Crippen LogP contribution in [0.25, 0.3) is 0 Å². The van der Waals surface area contributed by atoms with Crippen molar-refractivity contribution in [3.63, 3.8) is 0 Å². The number of nitrogens with zero attached hydrogens (tertiary/aromatic N) is 4. The molecule has 1 N–H and O–H groups in total. The number of nitrogens with one attached hydrogen (secondary N) is 1. The fourth-order valence-corrected chi connectivity index (χ4v) is 3.85. The summed E-state index contributed by atoms with van der Waals surface area (Å²) in [5, 5.41) is 6.94. The van der Waals surface area contributed by atoms with Gasteiger partial charge in [0.1, 0.15) is 12.4 Å². The molecule has 1 aromatic carbocycles. The van der Waals surface area contributed by atoms with Crippen molar-refractivity contribution < 1.29 is 19.1 Å². The van der Waals surface area contributed by atoms with Gasteiger partial charge in [-0.2, -0.15) is 5.10 Å². The van der Waals surface area contributed by atoms with Gasteiger partial charge in [0.25, 0.3) is 0 Å². The zero-order valence-electron chi connectivity index (χ0n) is 19.1. The SMILES string of the molecule is CCN(CC)C(=O)COC1CN(Cc2ccn[nH]2)CC(=O)N(Cc2ccc(OC)cc2)C1. The number of likely N-dealkylation sites (N-methyl/N-ethyl adjacent to an activating group) is 1. The number of carbonyl (C=O) groups excluding carboxylic acids is 2. The van der Waals surface area contributed by atoms with E-state index in [0.717, 1.165) is 17.0 Å². The summed E-state index contributed by atoms with van der Waals surface area (Å²) in [5.74, 6) is 0.770. The highest BCUT2D eigenvalue weighted by molar-refractivity contribution is 5.79. The van der Waals surface area contributed by atoms with Gasteiger partial charge < -0.3 is 19.3 Å². The lowest BCUT2D eigenvalue weighted by molar-refractivity contribution is -0.138. The molecule has 1 saturated heterocycles. The van der Waals surface area contributed by atoms with E-state index in [9.17, 15) is 9.59 Å². The maximum Gasteiger partial charge on any atom is 0.248 e. The van der Waals surface area contributed by atoms with E-state index in [4.69, 9.17) is 9.47 Å². The summed E-state index contributed by atoms with van der Waals surface area (Å²) in [6.07, 6.45) is 1.42. The normalized spacial score (nSPS) is 17.3. The van der Waals surface area contributed by atoms with Gasteiger partial charge >= 0.3 is 0 Å². The van der Waals surface area contributed by atoms with Crippen LogP contribution in [-0.2, 0) is 27.4 Å². The Balaban J connectivity index is 1.70. The summed E-state index contributed by atoms with van der Waals surface area (Å²) in [6, 6.07) is 9.58. The van der Waals surface area contributed by atoms with Crippen LogP contribution < -0.4 is 4.74 Å². The molecule has 32 heavy (non-hydrogen) atoms. The second-order valence-electron chi connectivity index (χ2n) is 7.87. The van der Waals surface area contributed by atoms with E-state index in [-0.39, 0.29) is 31.1 Å². The predicted molar refractivity (Wildman–Crippen MR) is 120 cm³/mol. The molecule has 0 aliphatic carbocycles. The molecular formula is C23H33N5O4. The third-order valence-electron chi connectivity index (χ3n) is 5.64. The van der Waals surface area contributed by atoms with E-state index in [0.29, 0.717) is 39.3 Å². The molecule has 0 spiro atoms. The fraction of sp³-hybridized carbons (Fsp3) is 0.522. The summed E-state index contributed by atoms with van der Waals surface area (Å²) >= 11 is 0. The Kier molecular flexibility index (Phi) is 8.64. The van der Waals surface area contributed by atoms with Crippen LogP contribution in [0.3, 0.4) is 0 Å². The molecule has 3 rings (SSSR count). The molecule has 0 saturated carbocycles. The number of methoxy groups -OCH3 is 1. The second-order valence-corrected chi connectivity index (χ2v) is 7.87. The molecule has 9 heteroatoms. The first kappa shape index (κ1) is 23.7. The molecule has 2 amide bonds. The summed E-state index contributed by atoms with van der Waals surface area (Å²) in [5.41, 5.74) is 1.94. The number of benzene rings is 1. The van der Waals surface area contributed by atoms with Gasteiger partial charge in [-0.15, -0.1) is 0 Å². The van der Waals surface area contributed by atoms with Crippen LogP contribution in [0.2, 0.25) is 0 Å². The van der Waals surface area contributed by atoms with Crippen LogP contribution in [0, 0.1) is 0 Å². The quantitative estimate of drug-likeness (QED) is 0.599. The van der Waals surface area contributed by atoms with Crippen molar-refractivity contribution in [1.29, 1.82) is 0 Å². The number of aromatic amines is 1. The molecule has 174 valence electrons. The number of hydrogen-bond acceptors (Lipinski definition) is 6. The largest absolute Gasteiger partial charge is 0.497 e. The molecule has 1 aliphatic heterocycles. The zero-order valence-corrected chi connectivity index (χ0v) is 19.1. The number of hydrogen-bond donors (Lipinski definition) is 1. The van der Waals surface area contributed by atoms with Gasteiger partial charge in [0.05, 0.1) is 19.8 Å². The first-order chi connectivity index (χ1) is 15.5. The Morgan fingerprint density at radius 3 is 2.53 bits per heavy atom. The lowest BCUT2D eigenvalue weighted by Crippen LogP contribution is -2.40. The van der Waals surface area contributed by atoms with E-state index in [1.54, 1.807) is 23.1 Å². The van der Waals surface area contributed by atoms with Crippen LogP contribution >= 0.6 is 0 Å². The smallest absolute Gasteiger partial charge is 0.248 e. The first-order valence-electron chi connectivity index (χ1n) is 11.0. The topological polar surface area (TPSA) is 91.0 Å². The molecule has 1 atom stereocenters. The molecule has 9 nitrogen and oxygen atoms in total. The number of ether oxygens (including phenoxy) is 2. The van der Waals surface area contributed by atoms with E-state index < -0.39 is 0 Å². The van der Waals surface area contributed by atoms with Gasteiger partial charge in [-0.05, 0) is 37.6 Å². The molecule has 1 aromatic heterocycles. The van der Waals surface area contributed by atoms with E-state index in [2.05, 4.69) is 10.2 Å². The van der Waals surface area contributed by atoms with Gasteiger partial charge in [-0.1, -0.05) is 12.1 Å². The molecule has 0 radical (unpaired) electrons. The Morgan fingerprint density at radius 2 is 1.91 bits per heavy atom. The van der Waals surface area contributed by atoms with Crippen molar-refractivity contribution >= 4 is 11.8 Å². The van der Waals surface area contributed by atoms with E-state index >= 15 is 0 Å². The Hall–Kier alpha value is -2.91. The van der Waals surface area contributed by atoms with Crippen molar-refractivity contribution in [3.8, 4) is 5.75 Å². The molecule has 2 aromatic rings. The highest BCUT2D eigenvalue weighted by Gasteiger charge is 2.29. The van der Waals surface area contributed by atoms with Gasteiger partial charge in [0, 0.05) is 51.2 Å². The minimum atomic E-state index is -0.276. The minimum Gasteiger partial charge on any atom is -0.497 e. The van der Waals surface area contributed by atoms with Gasteiger partial charge in [0.15, 0.2) is 0 Å². The lowest BCUT2D eigenvalue weighted by atomic mass is 10.2. The maximum atomic E-state index is 13.1. The van der Waals surface area contributed by atoms with Crippen LogP contribution in [0.15, 0.2) is 36.5 Å². The van der Waals surface area contributed by atoms with Crippen LogP contribution in [0.1, 0.15) is 25.1 Å². The van der Waals surface area contributed by atoms with Gasteiger partial charge in [-0.3, -0.25) is 19.6 Å². The van der Waals surface area contributed by atoms with Crippen molar-refractivity contribution in [1.82, 2.24) is 24.9 Å². The highest BCUT2D eigenvalue weighted by Crippen LogP contribution is 2.17. The minimum absolute atomic E-state index is 0.00874. The van der Waals surface area contributed by atoms with Crippen molar-refractivity contribution in [2.45, 2.75) is 33.0 Å². The molecular weight excluding hydrogens is 410 g/mol. The molecule has 1 unspecified atom stereocenters. The molecule has 1 fully saturated rings. The Morgan fingerprint density at radius 1 is 1.16 bits per heavy atom. The van der Waals surface area contributed by atoms with Crippen LogP contribution in [0.5, 0.6) is 5.75 Å². The first-order valence-corrected chi connectivity index (χ1v) is 11.0. The van der Waals surface area contributed by atoms with Crippen molar-refractivity contribution in [3.05, 3.63) is 47.8 Å². The molecule has 0 bridgehead atoms. The Bertz CT molecular complexity index is 852. The molecule has 1 aliphatic rings. The second kappa shape index (κ2) is 11.6. The van der Waals surface area contributed by atoms with Gasteiger partial charge in [0.2, 0.25) is 11.8 Å². The lowest BCUT2D eigenvalue weighted by Gasteiger charge is -2.26. The summed E-state index contributed by atoms with van der Waals surface area (Å²) < 4.78 is 11.3. The third-order valence-corrected chi connectivity index (χ3v) is 5.64. The summed E-state index contributed by atoms with van der Waals surface area (Å²) in [4.78, 5) is 31.1. The van der Waals surface area contributed by atoms with Crippen molar-refractivity contribution in [2.75, 3.05) is 46.4 Å². The average molecular weight is 444 g/mol. The zero-order chi connectivity index (χ0) is 22.9. The van der Waals surface area contributed by atoms with Crippen LogP contribution in [-0.4, -0.2) is 89.3 Å². The standard InChI is InChI=1S/C23H33N5O4/c1-4-27(5-2)23(30)17-32-21-14-26(13-19-10-11-24-25-19)16-22(29)28(15-21)12-18-6-8-20(31-3)9-7-18/h6-11,21H,4-5,12-17H2,1-3H3,(H,24,25). The van der Waals surface area contributed by atoms with Gasteiger partial charge in [-0.25, -0.2) is 0 Å². The van der Waals surface area contributed by atoms with E-state index in [1.807, 2.05) is 49.1 Å². The highest BCUT2D eigenvalue weighted by atomic mass is 16.5. The average Bonchev–Trinajstić information content (AvgIpc) is 3.26. The number of H-pyrrole nitrogens is 1. The summed E-state index contributed by atoms with van der Waals surface area (Å²) in [6.45, 7) is 7.51. The third kappa shape index (κ3) is 6.54. The summed E-state index contributed by atoms with van der Waals surface area (Å²) in [7, 11) is 1.63. The molecule has 2 heterocycles. The van der Waals surface area contributed by atoms with Crippen LogP contribution in [0.4, 0.5) is 0 Å².